The minimum absolute atomic E-state index is 0.280. The molecule has 0 atom stereocenters. The number of halogens is 2. The highest BCUT2D eigenvalue weighted by Crippen LogP contribution is 2.30. The van der Waals surface area contributed by atoms with E-state index in [0.29, 0.717) is 26.5 Å². The van der Waals surface area contributed by atoms with E-state index in [2.05, 4.69) is 0 Å². The Morgan fingerprint density at radius 3 is 2.57 bits per heavy atom. The Labute approximate surface area is 138 Å². The van der Waals surface area contributed by atoms with Crippen LogP contribution in [-0.4, -0.2) is 12.1 Å². The zero-order chi connectivity index (χ0) is 15.4. The van der Waals surface area contributed by atoms with Crippen molar-refractivity contribution >= 4 is 40.4 Å². The van der Waals surface area contributed by atoms with Gasteiger partial charge >= 0.3 is 0 Å². The van der Waals surface area contributed by atoms with Crippen LogP contribution in [0.4, 0.5) is 0 Å². The van der Waals surface area contributed by atoms with Gasteiger partial charge in [0.15, 0.2) is 11.5 Å². The lowest BCUT2D eigenvalue weighted by atomic mass is 10.2. The van der Waals surface area contributed by atoms with Gasteiger partial charge in [-0.3, -0.25) is 0 Å². The summed E-state index contributed by atoms with van der Waals surface area (Å²) < 4.78 is 11.0. The van der Waals surface area contributed by atoms with Crippen molar-refractivity contribution in [1.82, 2.24) is 0 Å². The molecule has 0 spiro atoms. The Balaban J connectivity index is 2.19. The highest BCUT2D eigenvalue weighted by Gasteiger charge is 2.09. The third-order valence-corrected chi connectivity index (χ3v) is 3.68. The number of rotatable bonds is 5. The van der Waals surface area contributed by atoms with Gasteiger partial charge in [0.1, 0.15) is 11.6 Å². The van der Waals surface area contributed by atoms with Gasteiger partial charge in [-0.25, -0.2) is 0 Å². The largest absolute Gasteiger partial charge is 0.493 e. The second kappa shape index (κ2) is 6.98. The predicted molar refractivity (Wildman–Crippen MR) is 89.7 cm³/mol. The van der Waals surface area contributed by atoms with Gasteiger partial charge in [0, 0.05) is 21.2 Å². The quantitative estimate of drug-likeness (QED) is 0.827. The van der Waals surface area contributed by atoms with E-state index in [1.807, 2.05) is 0 Å². The van der Waals surface area contributed by atoms with Crippen LogP contribution in [-0.2, 0) is 6.61 Å². The molecule has 0 heterocycles. The fourth-order valence-electron chi connectivity index (χ4n) is 1.75. The van der Waals surface area contributed by atoms with Gasteiger partial charge in [0.05, 0.1) is 7.11 Å². The molecule has 2 aromatic carbocycles. The molecule has 0 aliphatic heterocycles. The van der Waals surface area contributed by atoms with Crippen LogP contribution in [0, 0.1) is 0 Å². The number of methoxy groups -OCH3 is 1. The number of nitrogens with two attached hydrogens (primary N) is 1. The zero-order valence-corrected chi connectivity index (χ0v) is 13.6. The molecule has 0 aromatic heterocycles. The molecule has 2 N–H and O–H groups in total. The molecule has 2 rings (SSSR count). The van der Waals surface area contributed by atoms with Crippen molar-refractivity contribution in [3.63, 3.8) is 0 Å². The summed E-state index contributed by atoms with van der Waals surface area (Å²) in [4.78, 5) is 0.303. The van der Waals surface area contributed by atoms with Gasteiger partial charge < -0.3 is 15.2 Å². The van der Waals surface area contributed by atoms with Gasteiger partial charge in [0.25, 0.3) is 0 Å². The number of hydrogen-bond donors (Lipinski definition) is 1. The van der Waals surface area contributed by atoms with Crippen LogP contribution in [0.1, 0.15) is 11.1 Å². The highest BCUT2D eigenvalue weighted by molar-refractivity contribution is 7.80. The van der Waals surface area contributed by atoms with Crippen molar-refractivity contribution in [3.05, 3.63) is 57.6 Å². The third-order valence-electron chi connectivity index (χ3n) is 2.84. The second-order valence-electron chi connectivity index (χ2n) is 4.25. The molecule has 0 amide bonds. The summed E-state index contributed by atoms with van der Waals surface area (Å²) >= 11 is 17.0. The third kappa shape index (κ3) is 4.00. The molecule has 0 bridgehead atoms. The van der Waals surface area contributed by atoms with E-state index in [-0.39, 0.29) is 6.61 Å². The molecule has 0 fully saturated rings. The SMILES string of the molecule is COc1cc(C(N)=S)ccc1OCc1cc(Cl)ccc1Cl. The van der Waals surface area contributed by atoms with Crippen LogP contribution in [0.15, 0.2) is 36.4 Å². The Bertz CT molecular complexity index is 677. The normalized spacial score (nSPS) is 10.2. The number of benzene rings is 2. The summed E-state index contributed by atoms with van der Waals surface area (Å²) in [6.45, 7) is 0.280. The predicted octanol–water partition coefficient (Wildman–Crippen LogP) is 4.22. The summed E-state index contributed by atoms with van der Waals surface area (Å²) in [5, 5.41) is 1.20. The summed E-state index contributed by atoms with van der Waals surface area (Å²) in [7, 11) is 1.55. The smallest absolute Gasteiger partial charge is 0.161 e. The van der Waals surface area contributed by atoms with E-state index >= 15 is 0 Å². The van der Waals surface area contributed by atoms with Crippen molar-refractivity contribution in [1.29, 1.82) is 0 Å². The number of ether oxygens (including phenoxy) is 2. The lowest BCUT2D eigenvalue weighted by molar-refractivity contribution is 0.284. The molecule has 21 heavy (non-hydrogen) atoms. The molecule has 0 unspecified atom stereocenters. The van der Waals surface area contributed by atoms with Gasteiger partial charge in [0.2, 0.25) is 0 Å². The molecule has 110 valence electrons. The topological polar surface area (TPSA) is 44.5 Å². The number of hydrogen-bond acceptors (Lipinski definition) is 3. The van der Waals surface area contributed by atoms with Crippen LogP contribution in [0.3, 0.4) is 0 Å². The lowest BCUT2D eigenvalue weighted by Gasteiger charge is -2.12. The van der Waals surface area contributed by atoms with Crippen molar-refractivity contribution < 1.29 is 9.47 Å². The van der Waals surface area contributed by atoms with Crippen LogP contribution in [0.5, 0.6) is 11.5 Å². The molecule has 0 saturated carbocycles. The van der Waals surface area contributed by atoms with E-state index in [0.717, 1.165) is 11.1 Å². The van der Waals surface area contributed by atoms with Gasteiger partial charge in [-0.2, -0.15) is 0 Å². The maximum absolute atomic E-state index is 6.10. The number of thiocarbonyl (C=S) groups is 1. The fourth-order valence-corrected chi connectivity index (χ4v) is 2.24. The molecule has 0 saturated heterocycles. The maximum atomic E-state index is 6.10. The van der Waals surface area contributed by atoms with Crippen LogP contribution in [0.25, 0.3) is 0 Å². The summed E-state index contributed by atoms with van der Waals surface area (Å²) in [6.07, 6.45) is 0. The summed E-state index contributed by atoms with van der Waals surface area (Å²) in [6, 6.07) is 10.5. The monoisotopic (exact) mass is 341 g/mol. The van der Waals surface area contributed by atoms with Crippen LogP contribution >= 0.6 is 35.4 Å². The second-order valence-corrected chi connectivity index (χ2v) is 5.54. The van der Waals surface area contributed by atoms with E-state index in [4.69, 9.17) is 50.6 Å². The van der Waals surface area contributed by atoms with Crippen LogP contribution in [0.2, 0.25) is 10.0 Å². The van der Waals surface area contributed by atoms with Crippen molar-refractivity contribution in [2.75, 3.05) is 7.11 Å². The Morgan fingerprint density at radius 2 is 1.90 bits per heavy atom. The molecule has 0 aliphatic rings. The van der Waals surface area contributed by atoms with Gasteiger partial charge in [-0.05, 0) is 36.4 Å². The molecular weight excluding hydrogens is 329 g/mol. The summed E-state index contributed by atoms with van der Waals surface area (Å²) in [5.41, 5.74) is 7.11. The average molecular weight is 342 g/mol. The van der Waals surface area contributed by atoms with Crippen molar-refractivity contribution in [3.8, 4) is 11.5 Å². The van der Waals surface area contributed by atoms with Gasteiger partial charge in [-0.15, -0.1) is 0 Å². The van der Waals surface area contributed by atoms with Crippen molar-refractivity contribution in [2.45, 2.75) is 6.61 Å². The Kier molecular flexibility index (Phi) is 5.28. The van der Waals surface area contributed by atoms with E-state index in [9.17, 15) is 0 Å². The summed E-state index contributed by atoms with van der Waals surface area (Å²) in [5.74, 6) is 1.13. The first-order chi connectivity index (χ1) is 10.0. The first-order valence-electron chi connectivity index (χ1n) is 6.06. The van der Waals surface area contributed by atoms with Crippen LogP contribution < -0.4 is 15.2 Å². The molecule has 6 heteroatoms. The molecular formula is C15H13Cl2NO2S. The first-order valence-corrected chi connectivity index (χ1v) is 7.22. The van der Waals surface area contributed by atoms with E-state index in [1.165, 1.54) is 0 Å². The van der Waals surface area contributed by atoms with Crippen molar-refractivity contribution in [2.24, 2.45) is 5.73 Å². The Hall–Kier alpha value is -1.49. The molecule has 0 radical (unpaired) electrons. The molecule has 3 nitrogen and oxygen atoms in total. The zero-order valence-electron chi connectivity index (χ0n) is 11.2. The van der Waals surface area contributed by atoms with Gasteiger partial charge in [-0.1, -0.05) is 35.4 Å². The Morgan fingerprint density at radius 1 is 1.14 bits per heavy atom. The average Bonchev–Trinajstić information content (AvgIpc) is 2.47. The molecule has 0 aliphatic carbocycles. The highest BCUT2D eigenvalue weighted by atomic mass is 35.5. The first kappa shape index (κ1) is 15.9. The fraction of sp³-hybridized carbons (Fsp3) is 0.133. The minimum atomic E-state index is 0.280. The minimum Gasteiger partial charge on any atom is -0.493 e. The van der Waals surface area contributed by atoms with E-state index in [1.54, 1.807) is 43.5 Å². The lowest BCUT2D eigenvalue weighted by Crippen LogP contribution is -2.09. The standard InChI is InChI=1S/C15H13Cl2NO2S/c1-19-14-7-9(15(18)21)2-5-13(14)20-8-10-6-11(16)3-4-12(10)17/h2-7H,8H2,1H3,(H2,18,21). The maximum Gasteiger partial charge on any atom is 0.161 e. The van der Waals surface area contributed by atoms with E-state index < -0.39 is 0 Å². The molecule has 2 aromatic rings.